The molecule has 8 heterocycles. The molecule has 0 unspecified atom stereocenters. The molecule has 0 N–H and O–H groups in total. The molecule has 0 amide bonds. The van der Waals surface area contributed by atoms with Gasteiger partial charge in [0.15, 0.2) is 34.9 Å². The largest absolute Gasteiger partial charge is 0.233 e. The summed E-state index contributed by atoms with van der Waals surface area (Å²) in [6.07, 6.45) is 0. The van der Waals surface area contributed by atoms with Gasteiger partial charge in [-0.3, -0.25) is 0 Å². The molecule has 0 atom stereocenters. The van der Waals surface area contributed by atoms with E-state index in [0.29, 0.717) is 11.8 Å². The third-order valence-electron chi connectivity index (χ3n) is 25.5. The highest BCUT2D eigenvalue weighted by molar-refractivity contribution is 7.05. The number of hydrogen-bond donors (Lipinski definition) is 0. The second kappa shape index (κ2) is 37.3. The number of fused-ring (bicyclic) bond motifs is 12. The van der Waals surface area contributed by atoms with Crippen molar-refractivity contribution in [3.8, 4) is 124 Å². The van der Waals surface area contributed by atoms with Crippen LogP contribution in [0.3, 0.4) is 0 Å². The quantitative estimate of drug-likeness (QED) is 0.100. The number of aromatic nitrogens is 13. The molecule has 0 spiro atoms. The average Bonchev–Trinajstić information content (AvgIpc) is 1.58. The lowest BCUT2D eigenvalue weighted by Gasteiger charge is -2.19. The van der Waals surface area contributed by atoms with E-state index in [4.69, 9.17) is 59.8 Å². The Morgan fingerprint density at radius 1 is 0.182 bits per heavy atom. The molecule has 0 fully saturated rings. The molecular weight excluding hydrogens is 1660 g/mol. The summed E-state index contributed by atoms with van der Waals surface area (Å²) in [6.45, 7) is 35.9. The van der Waals surface area contributed by atoms with Gasteiger partial charge >= 0.3 is 0 Å². The van der Waals surface area contributed by atoms with Gasteiger partial charge in [0, 0.05) is 84.9 Å². The van der Waals surface area contributed by atoms with Crippen molar-refractivity contribution in [2.45, 2.75) is 138 Å². The highest BCUT2D eigenvalue weighted by Gasteiger charge is 2.41. The number of benzene rings is 14. The van der Waals surface area contributed by atoms with Gasteiger partial charge in [0.1, 0.15) is 53.3 Å². The molecule has 0 radical (unpaired) electrons. The van der Waals surface area contributed by atoms with Gasteiger partial charge in [-0.15, -0.1) is 0 Å². The highest BCUT2D eigenvalue weighted by atomic mass is 28.3. The topological polar surface area (TPSA) is 168 Å². The van der Waals surface area contributed by atoms with E-state index in [2.05, 4.69) is 356 Å². The maximum absolute atomic E-state index is 4.95. The van der Waals surface area contributed by atoms with Gasteiger partial charge in [0.2, 0.25) is 0 Å². The van der Waals surface area contributed by atoms with Crippen LogP contribution in [0.5, 0.6) is 0 Å². The summed E-state index contributed by atoms with van der Waals surface area (Å²) in [7, 11) is -5.11. The van der Waals surface area contributed by atoms with Crippen molar-refractivity contribution in [3.63, 3.8) is 0 Å². The molecule has 0 saturated carbocycles. The van der Waals surface area contributed by atoms with Gasteiger partial charge in [-0.2, -0.15) is 0 Å². The molecule has 5 aromatic heterocycles. The molecular formula is C116H109N13Si3. The van der Waals surface area contributed by atoms with Crippen LogP contribution in [0.4, 0.5) is 0 Å². The second-order valence-electron chi connectivity index (χ2n) is 37.5. The first-order valence-electron chi connectivity index (χ1n) is 46.1. The Hall–Kier alpha value is -14.3. The van der Waals surface area contributed by atoms with Gasteiger partial charge in [-0.05, 0) is 99.5 Å². The van der Waals surface area contributed by atoms with Crippen molar-refractivity contribution >= 4 is 87.9 Å². The summed E-state index contributed by atoms with van der Waals surface area (Å²) in [5.41, 5.74) is 20.8. The van der Waals surface area contributed by atoms with Crippen LogP contribution in [0.25, 0.3) is 157 Å². The zero-order valence-electron chi connectivity index (χ0n) is 78.0. The van der Waals surface area contributed by atoms with Gasteiger partial charge in [-0.1, -0.05) is 424 Å². The van der Waals surface area contributed by atoms with Crippen molar-refractivity contribution in [2.24, 2.45) is 0 Å². The Kier molecular flexibility index (Phi) is 25.0. The normalized spacial score (nSPS) is 13.1. The van der Waals surface area contributed by atoms with Crippen molar-refractivity contribution in [2.75, 3.05) is 0 Å². The van der Waals surface area contributed by atoms with Crippen molar-refractivity contribution in [1.29, 1.82) is 0 Å². The number of para-hydroxylation sites is 2. The molecule has 19 aromatic rings. The van der Waals surface area contributed by atoms with Crippen molar-refractivity contribution in [1.82, 2.24) is 64.8 Å². The van der Waals surface area contributed by atoms with Gasteiger partial charge in [0.05, 0.1) is 22.4 Å². The zero-order valence-corrected chi connectivity index (χ0v) is 81.0. The third-order valence-corrected chi connectivity index (χ3v) is 36.1. The maximum atomic E-state index is 4.95. The summed E-state index contributed by atoms with van der Waals surface area (Å²) in [6, 6.07) is 119. The summed E-state index contributed by atoms with van der Waals surface area (Å²) in [5.74, 6) is 10.1. The van der Waals surface area contributed by atoms with E-state index < -0.39 is 24.2 Å². The third kappa shape index (κ3) is 17.8. The standard InChI is InChI=1S/3C26H25N3Si.C21H18N2.C17H16N2/c1-17(2)24-27-25(18-11-6-5-7-12-18)29-26(28-24)20-14-10-16-22-23(20)19-13-8-9-15-21(19)30(22,3)4;1-17(2)24-27-25(18-10-6-5-7-11-18)29-26(28-24)19-14-15-23-21(16-19)20-12-8-9-13-22(20)30(23,3)4;1-17(2)24-27-25(18-10-6-5-7-11-18)29-26(28-24)19-14-15-21-20-12-8-9-13-22(20)30(3,4)23(21)16-19;1-14(2)21-22-19-10-6-5-9-18(19)20(23-21)17-12-11-15-7-3-4-8-16(15)13-17;1-12(2)17-18-15-11-7-6-10-14(15)16(19-17)13-8-4-3-5-9-13/h3*5-17H,1-4H3;3-14H,1-2H3;3-12H,1-2H3. The Morgan fingerprint density at radius 2 is 0.500 bits per heavy atom. The molecule has 0 bridgehead atoms. The Labute approximate surface area is 778 Å². The molecule has 13 nitrogen and oxygen atoms in total. The first kappa shape index (κ1) is 88.3. The lowest BCUT2D eigenvalue weighted by atomic mass is 9.99. The maximum Gasteiger partial charge on any atom is 0.164 e. The van der Waals surface area contributed by atoms with Gasteiger partial charge in [-0.25, -0.2) is 64.8 Å². The molecule has 132 heavy (non-hydrogen) atoms. The van der Waals surface area contributed by atoms with Crippen molar-refractivity contribution < 1.29 is 0 Å². The lowest BCUT2D eigenvalue weighted by Crippen LogP contribution is -2.49. The minimum Gasteiger partial charge on any atom is -0.233 e. The molecule has 22 rings (SSSR count). The van der Waals surface area contributed by atoms with E-state index in [0.717, 1.165) is 142 Å². The first-order chi connectivity index (χ1) is 63.8. The van der Waals surface area contributed by atoms with E-state index in [1.54, 1.807) is 0 Å². The van der Waals surface area contributed by atoms with Crippen LogP contribution in [0.2, 0.25) is 39.3 Å². The average molecular weight is 1770 g/mol. The highest BCUT2D eigenvalue weighted by Crippen LogP contribution is 2.40. The molecule has 0 aliphatic carbocycles. The van der Waals surface area contributed by atoms with E-state index in [9.17, 15) is 0 Å². The van der Waals surface area contributed by atoms with Crippen LogP contribution in [0.1, 0.15) is 128 Å². The number of nitrogens with zero attached hydrogens (tertiary/aromatic N) is 13. The van der Waals surface area contributed by atoms with Crippen LogP contribution < -0.4 is 31.1 Å². The fourth-order valence-corrected chi connectivity index (χ4v) is 27.5. The first-order valence-corrected chi connectivity index (χ1v) is 55.1. The van der Waals surface area contributed by atoms with E-state index in [1.807, 2.05) is 97.1 Å². The molecule has 3 aliphatic rings. The minimum absolute atomic E-state index is 0.226. The summed E-state index contributed by atoms with van der Waals surface area (Å²) in [4.78, 5) is 62.5. The predicted octanol–water partition coefficient (Wildman–Crippen LogP) is 25.4. The number of rotatable bonds is 13. The van der Waals surface area contributed by atoms with Crippen molar-refractivity contribution in [3.05, 3.63) is 369 Å². The van der Waals surface area contributed by atoms with E-state index in [-0.39, 0.29) is 17.8 Å². The Balaban J connectivity index is 0.000000112. The summed E-state index contributed by atoms with van der Waals surface area (Å²) in [5, 5.41) is 13.6. The van der Waals surface area contributed by atoms with Crippen LogP contribution in [0.15, 0.2) is 340 Å². The van der Waals surface area contributed by atoms with Crippen LogP contribution in [-0.4, -0.2) is 89.0 Å². The molecule has 16 heteroatoms. The summed E-state index contributed by atoms with van der Waals surface area (Å²) >= 11 is 0. The van der Waals surface area contributed by atoms with Gasteiger partial charge < -0.3 is 0 Å². The van der Waals surface area contributed by atoms with Gasteiger partial charge in [0.25, 0.3) is 0 Å². The molecule has 14 aromatic carbocycles. The Bertz CT molecular complexity index is 7480. The monoisotopic (exact) mass is 1770 g/mol. The SMILES string of the molecule is CC(C)c1nc(-c2ccc3ccccc3c2)c2ccccc2n1.CC(C)c1nc(-c2ccccc2)c2ccccc2n1.CC(C)c1nc(-c2ccccc2)nc(-c2ccc3c(c2)-c2ccccc2[Si]3(C)C)n1.CC(C)c1nc(-c2ccccc2)nc(-c2ccc3c(c2)[Si](C)(C)c2ccccc2-3)n1.CC(C)c1nc(-c2ccccc2)nc(-c2cccc3c2-c2ccccc2[Si]3(C)C)n1. The fourth-order valence-electron chi connectivity index (χ4n) is 18.2. The van der Waals surface area contributed by atoms with Crippen LogP contribution >= 0.6 is 0 Å². The van der Waals surface area contributed by atoms with E-state index in [1.165, 1.54) is 75.3 Å². The lowest BCUT2D eigenvalue weighted by molar-refractivity contribution is 0.766. The molecule has 0 saturated heterocycles. The zero-order chi connectivity index (χ0) is 91.7. The second-order valence-corrected chi connectivity index (χ2v) is 50.5. The van der Waals surface area contributed by atoms with Crippen LogP contribution in [-0.2, 0) is 0 Å². The Morgan fingerprint density at radius 3 is 0.992 bits per heavy atom. The summed E-state index contributed by atoms with van der Waals surface area (Å²) < 4.78 is 0. The molecule has 3 aliphatic heterocycles. The molecule has 650 valence electrons. The van der Waals surface area contributed by atoms with E-state index >= 15 is 0 Å². The van der Waals surface area contributed by atoms with Crippen LogP contribution in [0, 0.1) is 0 Å². The minimum atomic E-state index is -1.73. The fraction of sp³-hybridized carbons (Fsp3) is 0.181. The smallest absolute Gasteiger partial charge is 0.164 e. The predicted molar refractivity (Wildman–Crippen MR) is 557 cm³/mol. The number of hydrogen-bond acceptors (Lipinski definition) is 13.